The van der Waals surface area contributed by atoms with Gasteiger partial charge in [0.15, 0.2) is 0 Å². The Morgan fingerprint density at radius 3 is 3.14 bits per heavy atom. The third-order valence-electron chi connectivity index (χ3n) is 2.93. The number of thiophene rings is 1. The van der Waals surface area contributed by atoms with Crippen LogP contribution < -0.4 is 0 Å². The van der Waals surface area contributed by atoms with Crippen LogP contribution in [0.2, 0.25) is 0 Å². The second-order valence-corrected chi connectivity index (χ2v) is 4.71. The monoisotopic (exact) mass is 211 g/mol. The number of likely N-dealkylation sites (tertiary alicyclic amines) is 1. The maximum Gasteiger partial charge on any atom is 0.0586 e. The summed E-state index contributed by atoms with van der Waals surface area (Å²) in [7, 11) is 0. The van der Waals surface area contributed by atoms with Crippen LogP contribution in [0, 0.1) is 0 Å². The molecule has 1 N–H and O–H groups in total. The van der Waals surface area contributed by atoms with Gasteiger partial charge >= 0.3 is 0 Å². The van der Waals surface area contributed by atoms with E-state index in [0.717, 1.165) is 19.5 Å². The molecule has 0 spiro atoms. The lowest BCUT2D eigenvalue weighted by Crippen LogP contribution is -2.41. The van der Waals surface area contributed by atoms with Gasteiger partial charge in [-0.05, 0) is 41.8 Å². The molecule has 2 heterocycles. The Hall–Kier alpha value is -0.380. The van der Waals surface area contributed by atoms with Crippen LogP contribution in [0.15, 0.2) is 16.8 Å². The summed E-state index contributed by atoms with van der Waals surface area (Å²) in [5, 5.41) is 13.6. The van der Waals surface area contributed by atoms with Gasteiger partial charge in [0.2, 0.25) is 0 Å². The second-order valence-electron chi connectivity index (χ2n) is 3.93. The van der Waals surface area contributed by atoms with Crippen molar-refractivity contribution in [2.24, 2.45) is 0 Å². The summed E-state index contributed by atoms with van der Waals surface area (Å²) in [6.07, 6.45) is 3.70. The van der Waals surface area contributed by atoms with Crippen molar-refractivity contribution in [2.45, 2.75) is 31.8 Å². The van der Waals surface area contributed by atoms with E-state index < -0.39 is 0 Å². The molecule has 1 aliphatic rings. The quantitative estimate of drug-likeness (QED) is 0.827. The minimum absolute atomic E-state index is 0.310. The first-order valence-corrected chi connectivity index (χ1v) is 6.20. The third kappa shape index (κ3) is 2.35. The van der Waals surface area contributed by atoms with Crippen LogP contribution in [0.25, 0.3) is 0 Å². The zero-order valence-corrected chi connectivity index (χ0v) is 9.17. The molecule has 0 saturated carbocycles. The number of hydrogen-bond donors (Lipinski definition) is 1. The fourth-order valence-corrected chi connectivity index (χ4v) is 2.75. The fraction of sp³-hybridized carbons (Fsp3) is 0.636. The molecular formula is C11H17NOS. The lowest BCUT2D eigenvalue weighted by atomic mass is 10.0. The molecule has 2 nitrogen and oxygen atoms in total. The Balaban J connectivity index is 1.94. The first kappa shape index (κ1) is 10.1. The summed E-state index contributed by atoms with van der Waals surface area (Å²) >= 11 is 1.75. The highest BCUT2D eigenvalue weighted by Gasteiger charge is 2.21. The zero-order chi connectivity index (χ0) is 9.80. The molecule has 14 heavy (non-hydrogen) atoms. The molecule has 1 aliphatic heterocycles. The van der Waals surface area contributed by atoms with Crippen LogP contribution in [0.4, 0.5) is 0 Å². The molecule has 1 saturated heterocycles. The van der Waals surface area contributed by atoms with Crippen LogP contribution in [0.1, 0.15) is 24.8 Å². The number of aliphatic hydroxyl groups is 1. The number of hydrogen-bond acceptors (Lipinski definition) is 3. The molecule has 1 fully saturated rings. The summed E-state index contributed by atoms with van der Waals surface area (Å²) in [6.45, 7) is 2.46. The molecular weight excluding hydrogens is 194 g/mol. The van der Waals surface area contributed by atoms with E-state index in [1.807, 2.05) is 0 Å². The average Bonchev–Trinajstić information content (AvgIpc) is 2.71. The summed E-state index contributed by atoms with van der Waals surface area (Å²) in [5.41, 5.74) is 1.38. The van der Waals surface area contributed by atoms with E-state index in [2.05, 4.69) is 21.7 Å². The van der Waals surface area contributed by atoms with Crippen LogP contribution in [0.3, 0.4) is 0 Å². The summed E-state index contributed by atoms with van der Waals surface area (Å²) in [6, 6.07) is 2.57. The van der Waals surface area contributed by atoms with Crippen molar-refractivity contribution in [3.05, 3.63) is 22.4 Å². The van der Waals surface area contributed by atoms with E-state index in [9.17, 15) is 5.11 Å². The van der Waals surface area contributed by atoms with Gasteiger partial charge in [-0.15, -0.1) is 0 Å². The Labute approximate surface area is 89.2 Å². The van der Waals surface area contributed by atoms with E-state index in [4.69, 9.17) is 0 Å². The molecule has 0 radical (unpaired) electrons. The Bertz CT molecular complexity index is 260. The Morgan fingerprint density at radius 1 is 1.50 bits per heavy atom. The lowest BCUT2D eigenvalue weighted by Gasteiger charge is -2.34. The van der Waals surface area contributed by atoms with Gasteiger partial charge in [-0.3, -0.25) is 4.90 Å². The van der Waals surface area contributed by atoms with Gasteiger partial charge in [-0.2, -0.15) is 11.3 Å². The summed E-state index contributed by atoms with van der Waals surface area (Å²) in [4.78, 5) is 2.41. The molecule has 1 aromatic rings. The highest BCUT2D eigenvalue weighted by atomic mass is 32.1. The van der Waals surface area contributed by atoms with E-state index >= 15 is 0 Å². The van der Waals surface area contributed by atoms with Crippen molar-refractivity contribution in [3.8, 4) is 0 Å². The van der Waals surface area contributed by atoms with E-state index in [1.165, 1.54) is 18.4 Å². The van der Waals surface area contributed by atoms with Gasteiger partial charge in [0.1, 0.15) is 0 Å². The smallest absolute Gasteiger partial charge is 0.0586 e. The minimum Gasteiger partial charge on any atom is -0.395 e. The van der Waals surface area contributed by atoms with E-state index in [0.29, 0.717) is 12.6 Å². The van der Waals surface area contributed by atoms with Crippen molar-refractivity contribution >= 4 is 11.3 Å². The highest BCUT2D eigenvalue weighted by molar-refractivity contribution is 7.07. The SMILES string of the molecule is OCC1CCCCN1Cc1ccsc1. The van der Waals surface area contributed by atoms with Gasteiger partial charge in [0.05, 0.1) is 6.61 Å². The fourth-order valence-electron chi connectivity index (χ4n) is 2.09. The zero-order valence-electron chi connectivity index (χ0n) is 8.35. The number of nitrogens with zero attached hydrogens (tertiary/aromatic N) is 1. The molecule has 1 unspecified atom stereocenters. The molecule has 1 atom stereocenters. The standard InChI is InChI=1S/C11H17NOS/c13-8-11-3-1-2-5-12(11)7-10-4-6-14-9-10/h4,6,9,11,13H,1-3,5,7-8H2. The number of aliphatic hydroxyl groups excluding tert-OH is 1. The van der Waals surface area contributed by atoms with Gasteiger partial charge < -0.3 is 5.11 Å². The maximum absolute atomic E-state index is 9.25. The molecule has 2 rings (SSSR count). The van der Waals surface area contributed by atoms with Crippen molar-refractivity contribution in [2.75, 3.05) is 13.2 Å². The molecule has 0 amide bonds. The second kappa shape index (κ2) is 4.91. The molecule has 78 valence electrons. The largest absolute Gasteiger partial charge is 0.395 e. The predicted molar refractivity (Wildman–Crippen MR) is 59.5 cm³/mol. The van der Waals surface area contributed by atoms with Gasteiger partial charge in [0.25, 0.3) is 0 Å². The molecule has 0 aliphatic carbocycles. The van der Waals surface area contributed by atoms with Crippen LogP contribution in [-0.4, -0.2) is 29.2 Å². The predicted octanol–water partition coefficient (Wildman–Crippen LogP) is 2.09. The van der Waals surface area contributed by atoms with Crippen molar-refractivity contribution in [3.63, 3.8) is 0 Å². The Kier molecular flexibility index (Phi) is 3.56. The van der Waals surface area contributed by atoms with Crippen molar-refractivity contribution in [1.29, 1.82) is 0 Å². The van der Waals surface area contributed by atoms with Gasteiger partial charge in [0, 0.05) is 12.6 Å². The number of piperidine rings is 1. The van der Waals surface area contributed by atoms with Gasteiger partial charge in [-0.25, -0.2) is 0 Å². The maximum atomic E-state index is 9.25. The van der Waals surface area contributed by atoms with Gasteiger partial charge in [-0.1, -0.05) is 6.42 Å². The first-order chi connectivity index (χ1) is 6.90. The number of rotatable bonds is 3. The summed E-state index contributed by atoms with van der Waals surface area (Å²) in [5.74, 6) is 0. The van der Waals surface area contributed by atoms with Crippen molar-refractivity contribution < 1.29 is 5.11 Å². The van der Waals surface area contributed by atoms with E-state index in [1.54, 1.807) is 11.3 Å². The lowest BCUT2D eigenvalue weighted by molar-refractivity contribution is 0.0842. The molecule has 0 bridgehead atoms. The van der Waals surface area contributed by atoms with Crippen molar-refractivity contribution in [1.82, 2.24) is 4.90 Å². The highest BCUT2D eigenvalue weighted by Crippen LogP contribution is 2.20. The molecule has 1 aromatic heterocycles. The molecule has 0 aromatic carbocycles. The first-order valence-electron chi connectivity index (χ1n) is 5.26. The topological polar surface area (TPSA) is 23.5 Å². The third-order valence-corrected chi connectivity index (χ3v) is 3.66. The van der Waals surface area contributed by atoms with Crippen LogP contribution >= 0.6 is 11.3 Å². The summed E-state index contributed by atoms with van der Waals surface area (Å²) < 4.78 is 0. The minimum atomic E-state index is 0.310. The van der Waals surface area contributed by atoms with E-state index in [-0.39, 0.29) is 0 Å². The van der Waals surface area contributed by atoms with Crippen LogP contribution in [-0.2, 0) is 6.54 Å². The Morgan fingerprint density at radius 2 is 2.43 bits per heavy atom. The average molecular weight is 211 g/mol. The van der Waals surface area contributed by atoms with Crippen LogP contribution in [0.5, 0.6) is 0 Å². The normalized spacial score (nSPS) is 23.9. The molecule has 3 heteroatoms.